The van der Waals surface area contributed by atoms with Crippen molar-refractivity contribution in [1.82, 2.24) is 20.3 Å². The summed E-state index contributed by atoms with van der Waals surface area (Å²) >= 11 is 1.70. The van der Waals surface area contributed by atoms with Crippen LogP contribution in [0.1, 0.15) is 30.3 Å². The van der Waals surface area contributed by atoms with Gasteiger partial charge in [0.25, 0.3) is 0 Å². The zero-order chi connectivity index (χ0) is 11.2. The highest BCUT2D eigenvalue weighted by Crippen LogP contribution is 2.45. The largest absolute Gasteiger partial charge is 0.307 e. The standard InChI is InChI=1S/C12H14N4S/c1-2-7-6-15-9(8(7)3-1)11-16-10-12(17-11)14-5-4-13-10/h4-5,7-9,15H,1-3,6H2. The van der Waals surface area contributed by atoms with E-state index in [-0.39, 0.29) is 0 Å². The van der Waals surface area contributed by atoms with Gasteiger partial charge in [0, 0.05) is 12.4 Å². The van der Waals surface area contributed by atoms with Gasteiger partial charge in [-0.05, 0) is 31.2 Å². The van der Waals surface area contributed by atoms with E-state index in [1.54, 1.807) is 23.7 Å². The molecule has 2 aromatic heterocycles. The summed E-state index contributed by atoms with van der Waals surface area (Å²) in [7, 11) is 0. The summed E-state index contributed by atoms with van der Waals surface area (Å²) < 4.78 is 0. The molecule has 0 spiro atoms. The second kappa shape index (κ2) is 3.71. The summed E-state index contributed by atoms with van der Waals surface area (Å²) in [6, 6.07) is 0.448. The molecule has 0 aromatic carbocycles. The van der Waals surface area contributed by atoms with E-state index in [4.69, 9.17) is 0 Å². The topological polar surface area (TPSA) is 50.7 Å². The molecule has 0 radical (unpaired) electrons. The third-order valence-electron chi connectivity index (χ3n) is 4.08. The number of rotatable bonds is 1. The van der Waals surface area contributed by atoms with Crippen molar-refractivity contribution in [3.05, 3.63) is 17.4 Å². The van der Waals surface area contributed by atoms with Crippen LogP contribution in [0.25, 0.3) is 10.5 Å². The maximum Gasteiger partial charge on any atom is 0.189 e. The van der Waals surface area contributed by atoms with Crippen molar-refractivity contribution in [3.63, 3.8) is 0 Å². The van der Waals surface area contributed by atoms with E-state index in [2.05, 4.69) is 20.3 Å². The summed E-state index contributed by atoms with van der Waals surface area (Å²) in [6.45, 7) is 1.16. The molecule has 3 atom stereocenters. The molecule has 1 saturated carbocycles. The fourth-order valence-electron chi connectivity index (χ4n) is 3.28. The van der Waals surface area contributed by atoms with Crippen LogP contribution in [0.5, 0.6) is 0 Å². The Balaban J connectivity index is 1.74. The highest BCUT2D eigenvalue weighted by atomic mass is 32.1. The molecule has 17 heavy (non-hydrogen) atoms. The fourth-order valence-corrected chi connectivity index (χ4v) is 4.30. The lowest BCUT2D eigenvalue weighted by molar-refractivity contribution is 0.421. The van der Waals surface area contributed by atoms with Crippen molar-refractivity contribution in [1.29, 1.82) is 0 Å². The zero-order valence-corrected chi connectivity index (χ0v) is 10.3. The minimum atomic E-state index is 0.448. The molecule has 2 fully saturated rings. The number of fused-ring (bicyclic) bond motifs is 2. The normalized spacial score (nSPS) is 32.1. The van der Waals surface area contributed by atoms with Crippen LogP contribution in [0.4, 0.5) is 0 Å². The minimum absolute atomic E-state index is 0.448. The van der Waals surface area contributed by atoms with Gasteiger partial charge in [0.2, 0.25) is 0 Å². The van der Waals surface area contributed by atoms with E-state index in [0.717, 1.165) is 28.9 Å². The number of hydrogen-bond donors (Lipinski definition) is 1. The molecule has 2 aliphatic rings. The van der Waals surface area contributed by atoms with Crippen LogP contribution in [0.15, 0.2) is 12.4 Å². The van der Waals surface area contributed by atoms with E-state index in [1.807, 2.05) is 0 Å². The smallest absolute Gasteiger partial charge is 0.189 e. The lowest BCUT2D eigenvalue weighted by Gasteiger charge is -2.14. The van der Waals surface area contributed by atoms with E-state index < -0.39 is 0 Å². The first kappa shape index (κ1) is 9.91. The van der Waals surface area contributed by atoms with Gasteiger partial charge in [-0.25, -0.2) is 15.0 Å². The molecular weight excluding hydrogens is 232 g/mol. The number of hydrogen-bond acceptors (Lipinski definition) is 5. The molecule has 1 N–H and O–H groups in total. The van der Waals surface area contributed by atoms with Crippen molar-refractivity contribution >= 4 is 21.8 Å². The van der Waals surface area contributed by atoms with Crippen LogP contribution >= 0.6 is 11.3 Å². The predicted molar refractivity (Wildman–Crippen MR) is 66.8 cm³/mol. The first-order valence-electron chi connectivity index (χ1n) is 6.22. The van der Waals surface area contributed by atoms with E-state index >= 15 is 0 Å². The van der Waals surface area contributed by atoms with Crippen LogP contribution in [-0.2, 0) is 0 Å². The first-order chi connectivity index (χ1) is 8.42. The third-order valence-corrected chi connectivity index (χ3v) is 5.11. The molecule has 0 amide bonds. The monoisotopic (exact) mass is 246 g/mol. The number of nitrogens with zero attached hydrogens (tertiary/aromatic N) is 3. The van der Waals surface area contributed by atoms with Crippen LogP contribution in [0.3, 0.4) is 0 Å². The molecule has 0 bridgehead atoms. The fraction of sp³-hybridized carbons (Fsp3) is 0.583. The van der Waals surface area contributed by atoms with Crippen molar-refractivity contribution in [2.24, 2.45) is 11.8 Å². The Hall–Kier alpha value is -1.07. The quantitative estimate of drug-likeness (QED) is 0.837. The van der Waals surface area contributed by atoms with Gasteiger partial charge in [0.15, 0.2) is 10.5 Å². The summed E-state index contributed by atoms with van der Waals surface area (Å²) in [5, 5.41) is 4.81. The second-order valence-corrected chi connectivity index (χ2v) is 5.99. The molecule has 1 aliphatic heterocycles. The Morgan fingerprint density at radius 3 is 3.12 bits per heavy atom. The van der Waals surface area contributed by atoms with Crippen molar-refractivity contribution in [2.45, 2.75) is 25.3 Å². The van der Waals surface area contributed by atoms with Gasteiger partial charge in [0.05, 0.1) is 6.04 Å². The number of thiazole rings is 1. The van der Waals surface area contributed by atoms with Crippen LogP contribution in [-0.4, -0.2) is 21.5 Å². The lowest BCUT2D eigenvalue weighted by atomic mass is 9.94. The molecule has 5 heteroatoms. The predicted octanol–water partition coefficient (Wildman–Crippen LogP) is 2.15. The van der Waals surface area contributed by atoms with Gasteiger partial charge in [-0.3, -0.25) is 0 Å². The Kier molecular flexibility index (Phi) is 2.16. The van der Waals surface area contributed by atoms with Crippen molar-refractivity contribution < 1.29 is 0 Å². The second-order valence-electron chi connectivity index (χ2n) is 4.98. The SMILES string of the molecule is c1cnc2sc(C3NCC4CCCC43)nc2n1. The highest BCUT2D eigenvalue weighted by molar-refractivity contribution is 7.18. The Morgan fingerprint density at radius 2 is 2.18 bits per heavy atom. The van der Waals surface area contributed by atoms with Gasteiger partial charge < -0.3 is 5.32 Å². The Bertz CT molecular complexity index is 519. The summed E-state index contributed by atoms with van der Waals surface area (Å²) in [5.41, 5.74) is 0.802. The van der Waals surface area contributed by atoms with E-state index in [9.17, 15) is 0 Å². The van der Waals surface area contributed by atoms with Crippen molar-refractivity contribution in [3.8, 4) is 0 Å². The van der Waals surface area contributed by atoms with Gasteiger partial charge in [-0.2, -0.15) is 0 Å². The minimum Gasteiger partial charge on any atom is -0.307 e. The van der Waals surface area contributed by atoms with Crippen LogP contribution in [0, 0.1) is 11.8 Å². The molecule has 4 rings (SSSR count). The number of aromatic nitrogens is 3. The van der Waals surface area contributed by atoms with E-state index in [1.165, 1.54) is 24.3 Å². The first-order valence-corrected chi connectivity index (χ1v) is 7.04. The summed E-state index contributed by atoms with van der Waals surface area (Å²) in [4.78, 5) is 14.2. The Morgan fingerprint density at radius 1 is 1.24 bits per heavy atom. The summed E-state index contributed by atoms with van der Waals surface area (Å²) in [6.07, 6.45) is 7.57. The molecular formula is C12H14N4S. The van der Waals surface area contributed by atoms with E-state index in [0.29, 0.717) is 6.04 Å². The molecule has 1 aliphatic carbocycles. The average Bonchev–Trinajstić information content (AvgIpc) is 3.02. The maximum atomic E-state index is 4.64. The van der Waals surface area contributed by atoms with Gasteiger partial charge in [-0.1, -0.05) is 17.8 Å². The van der Waals surface area contributed by atoms with Gasteiger partial charge in [-0.15, -0.1) is 0 Å². The Labute approximate surface area is 104 Å². The maximum absolute atomic E-state index is 4.64. The van der Waals surface area contributed by atoms with Crippen molar-refractivity contribution in [2.75, 3.05) is 6.54 Å². The highest BCUT2D eigenvalue weighted by Gasteiger charge is 2.41. The lowest BCUT2D eigenvalue weighted by Crippen LogP contribution is -2.17. The molecule has 88 valence electrons. The van der Waals surface area contributed by atoms with Gasteiger partial charge in [0.1, 0.15) is 5.01 Å². The third kappa shape index (κ3) is 1.49. The van der Waals surface area contributed by atoms with Crippen LogP contribution < -0.4 is 5.32 Å². The number of nitrogens with one attached hydrogen (secondary N) is 1. The molecule has 1 saturated heterocycles. The molecule has 3 heterocycles. The zero-order valence-electron chi connectivity index (χ0n) is 9.47. The van der Waals surface area contributed by atoms with Crippen LogP contribution in [0.2, 0.25) is 0 Å². The summed E-state index contributed by atoms with van der Waals surface area (Å²) in [5.74, 6) is 1.66. The molecule has 3 unspecified atom stereocenters. The average molecular weight is 246 g/mol. The van der Waals surface area contributed by atoms with Gasteiger partial charge >= 0.3 is 0 Å². The molecule has 2 aromatic rings. The molecule has 4 nitrogen and oxygen atoms in total.